The third-order valence-electron chi connectivity index (χ3n) is 1.51. The van der Waals surface area contributed by atoms with E-state index in [0.29, 0.717) is 12.6 Å². The van der Waals surface area contributed by atoms with Gasteiger partial charge in [-0.25, -0.2) is 4.79 Å². The van der Waals surface area contributed by atoms with Crippen LogP contribution in [-0.2, 0) is 4.74 Å². The van der Waals surface area contributed by atoms with Crippen LogP contribution in [0.3, 0.4) is 0 Å². The molecule has 1 rings (SSSR count). The first-order valence-corrected chi connectivity index (χ1v) is 4.64. The van der Waals surface area contributed by atoms with Crippen molar-refractivity contribution in [2.45, 2.75) is 20.3 Å². The van der Waals surface area contributed by atoms with Crippen LogP contribution < -0.4 is 5.32 Å². The number of anilines is 1. The van der Waals surface area contributed by atoms with Crippen molar-refractivity contribution in [3.05, 3.63) is 12.0 Å². The normalized spacial score (nSPS) is 9.86. The van der Waals surface area contributed by atoms with Crippen LogP contribution in [0.2, 0.25) is 0 Å². The van der Waals surface area contributed by atoms with Crippen LogP contribution >= 0.6 is 0 Å². The average molecular weight is 198 g/mol. The van der Waals surface area contributed by atoms with E-state index in [-0.39, 0.29) is 5.69 Å². The molecule has 0 unspecified atom stereocenters. The lowest BCUT2D eigenvalue weighted by Crippen LogP contribution is -2.05. The zero-order valence-electron chi connectivity index (χ0n) is 8.37. The van der Waals surface area contributed by atoms with Gasteiger partial charge in [-0.1, -0.05) is 6.92 Å². The van der Waals surface area contributed by atoms with Gasteiger partial charge in [0, 0.05) is 6.54 Å². The molecular formula is C9H14N2O3. The van der Waals surface area contributed by atoms with E-state index in [4.69, 9.17) is 9.15 Å². The minimum absolute atomic E-state index is 0.199. The average Bonchev–Trinajstić information content (AvgIpc) is 2.63. The van der Waals surface area contributed by atoms with Gasteiger partial charge < -0.3 is 14.5 Å². The number of rotatable bonds is 5. The molecule has 0 saturated heterocycles. The maximum absolute atomic E-state index is 11.2. The number of nitrogens with zero attached hydrogens (tertiary/aromatic N) is 1. The Balaban J connectivity index is 2.54. The SMILES string of the molecule is CCCNc1nc(C(=O)OCC)co1. The number of nitrogens with one attached hydrogen (secondary N) is 1. The highest BCUT2D eigenvalue weighted by Crippen LogP contribution is 2.08. The second-order valence-electron chi connectivity index (χ2n) is 2.69. The molecule has 0 aliphatic carbocycles. The smallest absolute Gasteiger partial charge is 0.360 e. The van der Waals surface area contributed by atoms with Crippen LogP contribution in [0.25, 0.3) is 0 Å². The summed E-state index contributed by atoms with van der Waals surface area (Å²) in [4.78, 5) is 15.1. The second kappa shape index (κ2) is 5.26. The van der Waals surface area contributed by atoms with E-state index in [1.165, 1.54) is 6.26 Å². The molecule has 78 valence electrons. The van der Waals surface area contributed by atoms with Gasteiger partial charge in [0.2, 0.25) is 0 Å². The molecule has 0 saturated carbocycles. The van der Waals surface area contributed by atoms with Crippen LogP contribution in [0, 0.1) is 0 Å². The minimum atomic E-state index is -0.458. The summed E-state index contributed by atoms with van der Waals surface area (Å²) < 4.78 is 9.77. The summed E-state index contributed by atoms with van der Waals surface area (Å²) in [5.41, 5.74) is 0.199. The van der Waals surface area contributed by atoms with E-state index < -0.39 is 5.97 Å². The quantitative estimate of drug-likeness (QED) is 0.729. The van der Waals surface area contributed by atoms with Gasteiger partial charge >= 0.3 is 5.97 Å². The highest BCUT2D eigenvalue weighted by Gasteiger charge is 2.12. The molecule has 0 aliphatic heterocycles. The fourth-order valence-electron chi connectivity index (χ4n) is 0.886. The van der Waals surface area contributed by atoms with Gasteiger partial charge in [-0.2, -0.15) is 4.98 Å². The lowest BCUT2D eigenvalue weighted by atomic mass is 10.5. The van der Waals surface area contributed by atoms with E-state index in [1.54, 1.807) is 6.92 Å². The number of carbonyl (C=O) groups is 1. The van der Waals surface area contributed by atoms with Crippen LogP contribution in [0.4, 0.5) is 6.01 Å². The molecule has 0 bridgehead atoms. The third-order valence-corrected chi connectivity index (χ3v) is 1.51. The van der Waals surface area contributed by atoms with E-state index >= 15 is 0 Å². The van der Waals surface area contributed by atoms with Gasteiger partial charge in [0.1, 0.15) is 6.26 Å². The van der Waals surface area contributed by atoms with Gasteiger partial charge in [0.05, 0.1) is 6.61 Å². The summed E-state index contributed by atoms with van der Waals surface area (Å²) in [7, 11) is 0. The summed E-state index contributed by atoms with van der Waals surface area (Å²) in [6.45, 7) is 4.88. The third kappa shape index (κ3) is 2.76. The van der Waals surface area contributed by atoms with Crippen LogP contribution in [0.1, 0.15) is 30.8 Å². The molecule has 0 amide bonds. The monoisotopic (exact) mass is 198 g/mol. The molecule has 14 heavy (non-hydrogen) atoms. The molecule has 0 radical (unpaired) electrons. The zero-order chi connectivity index (χ0) is 10.4. The fraction of sp³-hybridized carbons (Fsp3) is 0.556. The maximum Gasteiger partial charge on any atom is 0.360 e. The van der Waals surface area contributed by atoms with Crippen molar-refractivity contribution in [1.82, 2.24) is 4.98 Å². The van der Waals surface area contributed by atoms with E-state index in [2.05, 4.69) is 10.3 Å². The largest absolute Gasteiger partial charge is 0.461 e. The highest BCUT2D eigenvalue weighted by molar-refractivity contribution is 5.87. The minimum Gasteiger partial charge on any atom is -0.461 e. The molecular weight excluding hydrogens is 184 g/mol. The Bertz CT molecular complexity index is 296. The predicted octanol–water partition coefficient (Wildman–Crippen LogP) is 1.67. The first-order chi connectivity index (χ1) is 6.77. The predicted molar refractivity (Wildman–Crippen MR) is 51.2 cm³/mol. The van der Waals surface area contributed by atoms with Crippen molar-refractivity contribution in [3.63, 3.8) is 0 Å². The standard InChI is InChI=1S/C9H14N2O3/c1-3-5-10-9-11-7(6-14-9)8(12)13-4-2/h6H,3-5H2,1-2H3,(H,10,11). The second-order valence-corrected chi connectivity index (χ2v) is 2.69. The molecule has 1 aromatic heterocycles. The Morgan fingerprint density at radius 1 is 1.64 bits per heavy atom. The molecule has 0 spiro atoms. The highest BCUT2D eigenvalue weighted by atomic mass is 16.5. The molecule has 0 fully saturated rings. The number of hydrogen-bond donors (Lipinski definition) is 1. The van der Waals surface area contributed by atoms with Gasteiger partial charge in [-0.15, -0.1) is 0 Å². The van der Waals surface area contributed by atoms with Crippen molar-refractivity contribution in [2.24, 2.45) is 0 Å². The molecule has 1 aromatic rings. The Morgan fingerprint density at radius 2 is 2.43 bits per heavy atom. The van der Waals surface area contributed by atoms with Gasteiger partial charge in [-0.3, -0.25) is 0 Å². The number of aromatic nitrogens is 1. The zero-order valence-corrected chi connectivity index (χ0v) is 8.37. The topological polar surface area (TPSA) is 64.4 Å². The maximum atomic E-state index is 11.2. The van der Waals surface area contributed by atoms with Crippen molar-refractivity contribution in [1.29, 1.82) is 0 Å². The van der Waals surface area contributed by atoms with Crippen molar-refractivity contribution in [3.8, 4) is 0 Å². The van der Waals surface area contributed by atoms with Crippen molar-refractivity contribution < 1.29 is 13.9 Å². The number of ether oxygens (including phenoxy) is 1. The first-order valence-electron chi connectivity index (χ1n) is 4.64. The summed E-state index contributed by atoms with van der Waals surface area (Å²) in [6, 6.07) is 0.356. The van der Waals surface area contributed by atoms with Gasteiger partial charge in [0.15, 0.2) is 5.69 Å². The first kappa shape index (κ1) is 10.6. The molecule has 0 aromatic carbocycles. The Hall–Kier alpha value is -1.52. The molecule has 1 heterocycles. The van der Waals surface area contributed by atoms with E-state index in [9.17, 15) is 4.79 Å². The Morgan fingerprint density at radius 3 is 3.07 bits per heavy atom. The molecule has 5 heteroatoms. The Kier molecular flexibility index (Phi) is 3.97. The van der Waals surface area contributed by atoms with Gasteiger partial charge in [-0.05, 0) is 13.3 Å². The van der Waals surface area contributed by atoms with Gasteiger partial charge in [0.25, 0.3) is 6.01 Å². The summed E-state index contributed by atoms with van der Waals surface area (Å²) in [5, 5.41) is 2.93. The molecule has 0 atom stereocenters. The molecule has 1 N–H and O–H groups in total. The van der Waals surface area contributed by atoms with Crippen LogP contribution in [0.15, 0.2) is 10.7 Å². The molecule has 5 nitrogen and oxygen atoms in total. The summed E-state index contributed by atoms with van der Waals surface area (Å²) >= 11 is 0. The van der Waals surface area contributed by atoms with Crippen LogP contribution in [0.5, 0.6) is 0 Å². The number of oxazole rings is 1. The number of carbonyl (C=O) groups excluding carboxylic acids is 1. The van der Waals surface area contributed by atoms with E-state index in [1.807, 2.05) is 6.92 Å². The van der Waals surface area contributed by atoms with Crippen LogP contribution in [-0.4, -0.2) is 24.1 Å². The summed E-state index contributed by atoms with van der Waals surface area (Å²) in [5.74, 6) is -0.458. The van der Waals surface area contributed by atoms with E-state index in [0.717, 1.165) is 13.0 Å². The van der Waals surface area contributed by atoms with Crippen molar-refractivity contribution in [2.75, 3.05) is 18.5 Å². The molecule has 0 aliphatic rings. The summed E-state index contributed by atoms with van der Waals surface area (Å²) in [6.07, 6.45) is 2.26. The lowest BCUT2D eigenvalue weighted by Gasteiger charge is -1.96. The number of hydrogen-bond acceptors (Lipinski definition) is 5. The fourth-order valence-corrected chi connectivity index (χ4v) is 0.886. The van der Waals surface area contributed by atoms with Crippen molar-refractivity contribution >= 4 is 12.0 Å². The lowest BCUT2D eigenvalue weighted by molar-refractivity contribution is 0.0519. The Labute approximate surface area is 82.5 Å². The number of esters is 1.